The van der Waals surface area contributed by atoms with Gasteiger partial charge in [0.1, 0.15) is 0 Å². The van der Waals surface area contributed by atoms with Gasteiger partial charge in [-0.3, -0.25) is 10.1 Å². The lowest BCUT2D eigenvalue weighted by Crippen LogP contribution is -2.36. The van der Waals surface area contributed by atoms with Gasteiger partial charge in [0.15, 0.2) is 0 Å². The Bertz CT molecular complexity index is 1050. The van der Waals surface area contributed by atoms with Crippen LogP contribution in [0, 0.1) is 16.0 Å². The summed E-state index contributed by atoms with van der Waals surface area (Å²) in [4.78, 5) is 24.0. The van der Waals surface area contributed by atoms with Gasteiger partial charge < -0.3 is 15.5 Å². The SMILES string of the molecule is CN(Cc1ccccc1)c1nc(N)c([N+](=O)[O-])c(N2CCC(Cc3ccccc3)CC2)n1. The van der Waals surface area contributed by atoms with Crippen molar-refractivity contribution >= 4 is 23.3 Å². The van der Waals surface area contributed by atoms with E-state index in [0.29, 0.717) is 37.3 Å². The second-order valence-corrected chi connectivity index (χ2v) is 8.30. The normalized spacial score (nSPS) is 14.3. The second kappa shape index (κ2) is 9.64. The number of benzene rings is 2. The Morgan fingerprint density at radius 3 is 2.22 bits per heavy atom. The number of rotatable bonds is 7. The molecule has 1 aliphatic heterocycles. The van der Waals surface area contributed by atoms with E-state index in [9.17, 15) is 10.1 Å². The predicted molar refractivity (Wildman–Crippen MR) is 127 cm³/mol. The van der Waals surface area contributed by atoms with E-state index in [4.69, 9.17) is 5.73 Å². The maximum atomic E-state index is 11.8. The molecule has 4 rings (SSSR count). The number of hydrogen-bond donors (Lipinski definition) is 1. The van der Waals surface area contributed by atoms with E-state index in [1.807, 2.05) is 53.2 Å². The third-order valence-corrected chi connectivity index (χ3v) is 5.95. The minimum atomic E-state index is -0.471. The van der Waals surface area contributed by atoms with Gasteiger partial charge in [-0.2, -0.15) is 9.97 Å². The molecular weight excluding hydrogens is 404 g/mol. The average molecular weight is 433 g/mol. The highest BCUT2D eigenvalue weighted by atomic mass is 16.6. The number of anilines is 3. The molecule has 32 heavy (non-hydrogen) atoms. The van der Waals surface area contributed by atoms with Gasteiger partial charge in [0.05, 0.1) is 4.92 Å². The largest absolute Gasteiger partial charge is 0.378 e. The third-order valence-electron chi connectivity index (χ3n) is 5.95. The fourth-order valence-corrected chi connectivity index (χ4v) is 4.24. The molecular formula is C24H28N6O2. The van der Waals surface area contributed by atoms with E-state index in [2.05, 4.69) is 34.2 Å². The fourth-order valence-electron chi connectivity index (χ4n) is 4.24. The van der Waals surface area contributed by atoms with E-state index < -0.39 is 4.92 Å². The fraction of sp³-hybridized carbons (Fsp3) is 0.333. The zero-order valence-corrected chi connectivity index (χ0v) is 18.2. The smallest absolute Gasteiger partial charge is 0.353 e. The summed E-state index contributed by atoms with van der Waals surface area (Å²) in [7, 11) is 1.86. The van der Waals surface area contributed by atoms with Crippen molar-refractivity contribution in [2.24, 2.45) is 5.92 Å². The van der Waals surface area contributed by atoms with E-state index in [0.717, 1.165) is 24.8 Å². The first-order chi connectivity index (χ1) is 15.5. The molecule has 0 unspecified atom stereocenters. The van der Waals surface area contributed by atoms with E-state index in [1.54, 1.807) is 0 Å². The molecule has 2 heterocycles. The first-order valence-electron chi connectivity index (χ1n) is 10.9. The van der Waals surface area contributed by atoms with Crippen molar-refractivity contribution < 1.29 is 4.92 Å². The summed E-state index contributed by atoms with van der Waals surface area (Å²) in [5.41, 5.74) is 8.26. The molecule has 0 spiro atoms. The van der Waals surface area contributed by atoms with Crippen LogP contribution in [0.3, 0.4) is 0 Å². The van der Waals surface area contributed by atoms with Crippen molar-refractivity contribution in [3.63, 3.8) is 0 Å². The van der Waals surface area contributed by atoms with Gasteiger partial charge in [-0.15, -0.1) is 0 Å². The molecule has 0 radical (unpaired) electrons. The van der Waals surface area contributed by atoms with Crippen LogP contribution in [-0.4, -0.2) is 35.0 Å². The van der Waals surface area contributed by atoms with Gasteiger partial charge in [0.2, 0.25) is 17.6 Å². The predicted octanol–water partition coefficient (Wildman–Crippen LogP) is 4.06. The van der Waals surface area contributed by atoms with Crippen molar-refractivity contribution in [1.82, 2.24) is 9.97 Å². The maximum absolute atomic E-state index is 11.8. The van der Waals surface area contributed by atoms with Gasteiger partial charge in [0, 0.05) is 26.7 Å². The molecule has 0 saturated carbocycles. The number of nitrogen functional groups attached to an aromatic ring is 1. The second-order valence-electron chi connectivity index (χ2n) is 8.30. The molecule has 0 atom stereocenters. The molecule has 8 heteroatoms. The summed E-state index contributed by atoms with van der Waals surface area (Å²) in [6, 6.07) is 20.4. The number of nitrogens with zero attached hydrogens (tertiary/aromatic N) is 5. The summed E-state index contributed by atoms with van der Waals surface area (Å²) < 4.78 is 0. The molecule has 0 bridgehead atoms. The molecule has 8 nitrogen and oxygen atoms in total. The summed E-state index contributed by atoms with van der Waals surface area (Å²) in [6.07, 6.45) is 2.92. The maximum Gasteiger partial charge on any atom is 0.353 e. The lowest BCUT2D eigenvalue weighted by atomic mass is 9.90. The van der Waals surface area contributed by atoms with Crippen LogP contribution in [0.25, 0.3) is 0 Å². The van der Waals surface area contributed by atoms with Crippen LogP contribution in [0.15, 0.2) is 60.7 Å². The summed E-state index contributed by atoms with van der Waals surface area (Å²) in [6.45, 7) is 1.99. The highest BCUT2D eigenvalue weighted by molar-refractivity contribution is 5.71. The van der Waals surface area contributed by atoms with Crippen LogP contribution < -0.4 is 15.5 Å². The van der Waals surface area contributed by atoms with Crippen LogP contribution in [0.4, 0.5) is 23.3 Å². The monoisotopic (exact) mass is 432 g/mol. The molecule has 0 amide bonds. The van der Waals surface area contributed by atoms with Crippen molar-refractivity contribution in [2.45, 2.75) is 25.8 Å². The number of hydrogen-bond acceptors (Lipinski definition) is 7. The molecule has 1 saturated heterocycles. The van der Waals surface area contributed by atoms with E-state index >= 15 is 0 Å². The summed E-state index contributed by atoms with van der Waals surface area (Å²) in [5, 5.41) is 11.8. The Morgan fingerprint density at radius 1 is 1.03 bits per heavy atom. The Balaban J connectivity index is 1.52. The zero-order chi connectivity index (χ0) is 22.5. The molecule has 2 aromatic carbocycles. The quantitative estimate of drug-likeness (QED) is 0.444. The van der Waals surface area contributed by atoms with Crippen molar-refractivity contribution in [1.29, 1.82) is 0 Å². The van der Waals surface area contributed by atoms with Crippen molar-refractivity contribution in [3.8, 4) is 0 Å². The minimum absolute atomic E-state index is 0.0960. The minimum Gasteiger partial charge on any atom is -0.378 e. The van der Waals surface area contributed by atoms with Gasteiger partial charge in [0.25, 0.3) is 0 Å². The number of aromatic nitrogens is 2. The molecule has 0 aliphatic carbocycles. The molecule has 166 valence electrons. The zero-order valence-electron chi connectivity index (χ0n) is 18.2. The van der Waals surface area contributed by atoms with Gasteiger partial charge in [-0.25, -0.2) is 0 Å². The van der Waals surface area contributed by atoms with Gasteiger partial charge in [-0.05, 0) is 36.3 Å². The van der Waals surface area contributed by atoms with Crippen LogP contribution in [0.5, 0.6) is 0 Å². The lowest BCUT2D eigenvalue weighted by molar-refractivity contribution is -0.383. The third kappa shape index (κ3) is 4.96. The molecule has 3 aromatic rings. The molecule has 1 aliphatic rings. The van der Waals surface area contributed by atoms with Crippen molar-refractivity contribution in [3.05, 3.63) is 81.9 Å². The topological polar surface area (TPSA) is 101 Å². The van der Waals surface area contributed by atoms with E-state index in [-0.39, 0.29) is 11.5 Å². The first kappa shape index (κ1) is 21.5. The molecule has 2 N–H and O–H groups in total. The molecule has 1 fully saturated rings. The van der Waals surface area contributed by atoms with Crippen LogP contribution in [0.1, 0.15) is 24.0 Å². The number of nitro groups is 1. The number of piperidine rings is 1. The van der Waals surface area contributed by atoms with Crippen molar-refractivity contribution in [2.75, 3.05) is 35.7 Å². The summed E-state index contributed by atoms with van der Waals surface area (Å²) in [5.74, 6) is 1.15. The van der Waals surface area contributed by atoms with Gasteiger partial charge in [-0.1, -0.05) is 60.7 Å². The van der Waals surface area contributed by atoms with Gasteiger partial charge >= 0.3 is 5.69 Å². The summed E-state index contributed by atoms with van der Waals surface area (Å²) >= 11 is 0. The van der Waals surface area contributed by atoms with E-state index in [1.165, 1.54) is 5.56 Å². The average Bonchev–Trinajstić information content (AvgIpc) is 2.80. The highest BCUT2D eigenvalue weighted by Crippen LogP contribution is 2.35. The van der Waals surface area contributed by atoms with Crippen LogP contribution >= 0.6 is 0 Å². The van der Waals surface area contributed by atoms with Crippen LogP contribution in [-0.2, 0) is 13.0 Å². The Hall–Kier alpha value is -3.68. The molecule has 1 aromatic heterocycles. The Labute approximate surface area is 187 Å². The van der Waals surface area contributed by atoms with Crippen LogP contribution in [0.2, 0.25) is 0 Å². The standard InChI is InChI=1S/C24H28N6O2/c1-28(17-20-10-6-3-7-11-20)24-26-22(25)21(30(31)32)23(27-24)29-14-12-19(13-15-29)16-18-8-4-2-5-9-18/h2-11,19H,12-17H2,1H3,(H2,25,26,27). The Morgan fingerprint density at radius 2 is 1.62 bits per heavy atom. The highest BCUT2D eigenvalue weighted by Gasteiger charge is 2.30. The Kier molecular flexibility index (Phi) is 6.49. The lowest BCUT2D eigenvalue weighted by Gasteiger charge is -2.33. The first-order valence-corrected chi connectivity index (χ1v) is 10.9. The number of nitrogens with two attached hydrogens (primary N) is 1.